The van der Waals surface area contributed by atoms with Gasteiger partial charge in [0.1, 0.15) is 0 Å². The average molecular weight is 409 g/mol. The van der Waals surface area contributed by atoms with Gasteiger partial charge in [0.05, 0.1) is 11.5 Å². The van der Waals surface area contributed by atoms with Gasteiger partial charge in [-0.2, -0.15) is 8.42 Å². The van der Waals surface area contributed by atoms with Crippen molar-refractivity contribution in [3.63, 3.8) is 0 Å². The van der Waals surface area contributed by atoms with Crippen LogP contribution in [0.4, 0.5) is 0 Å². The van der Waals surface area contributed by atoms with Gasteiger partial charge in [-0.3, -0.25) is 4.18 Å². The third-order valence-corrected chi connectivity index (χ3v) is 5.89. The molecule has 0 N–H and O–H groups in total. The Morgan fingerprint density at radius 1 is 1.04 bits per heavy atom. The van der Waals surface area contributed by atoms with E-state index in [9.17, 15) is 8.42 Å². The normalized spacial score (nSPS) is 11.0. The van der Waals surface area contributed by atoms with Crippen LogP contribution in [0.1, 0.15) is 30.4 Å². The van der Waals surface area contributed by atoms with Crippen molar-refractivity contribution in [1.29, 1.82) is 0 Å². The first-order valence-corrected chi connectivity index (χ1v) is 11.0. The van der Waals surface area contributed by atoms with Gasteiger partial charge in [-0.15, -0.1) is 0 Å². The van der Waals surface area contributed by atoms with Crippen LogP contribution in [0.15, 0.2) is 53.4 Å². The van der Waals surface area contributed by atoms with Crippen LogP contribution in [0.2, 0.25) is 5.02 Å². The van der Waals surface area contributed by atoms with Crippen molar-refractivity contribution >= 4 is 33.5 Å². The van der Waals surface area contributed by atoms with E-state index in [1.165, 1.54) is 5.56 Å². The molecule has 3 nitrogen and oxygen atoms in total. The molecule has 0 radical (unpaired) electrons. The fraction of sp³-hybridized carbons (Fsp3) is 0.300. The Morgan fingerprint density at radius 2 is 1.73 bits per heavy atom. The van der Waals surface area contributed by atoms with Gasteiger partial charge >= 0.3 is 0 Å². The molecule has 0 unspecified atom stereocenters. The number of rotatable bonds is 8. The smallest absolute Gasteiger partial charge is 0.266 e. The number of hydrogen-bond acceptors (Lipinski definition) is 4. The molecule has 0 amide bonds. The summed E-state index contributed by atoms with van der Waals surface area (Å²) < 4.78 is 29.1. The molecule has 0 saturated carbocycles. The number of thioether (sulfide) groups is 1. The predicted molar refractivity (Wildman–Crippen MR) is 109 cm³/mol. The highest BCUT2D eigenvalue weighted by Gasteiger charge is 2.13. The minimum atomic E-state index is -3.66. The third-order valence-electron chi connectivity index (χ3n) is 3.54. The second kappa shape index (κ2) is 10.6. The molecule has 0 fully saturated rings. The molecule has 2 aromatic carbocycles. The van der Waals surface area contributed by atoms with Gasteiger partial charge in [0.25, 0.3) is 10.1 Å². The molecule has 2 rings (SSSR count). The number of benzene rings is 2. The molecule has 2 aromatic rings. The molecule has 0 aliphatic rings. The lowest BCUT2D eigenvalue weighted by molar-refractivity contribution is 0.309. The van der Waals surface area contributed by atoms with Gasteiger partial charge in [0.2, 0.25) is 0 Å². The minimum absolute atomic E-state index is 0.176. The van der Waals surface area contributed by atoms with Crippen LogP contribution in [0.3, 0.4) is 0 Å². The average Bonchev–Trinajstić information content (AvgIpc) is 2.62. The number of hydrogen-bond donors (Lipinski definition) is 0. The Balaban J connectivity index is 1.60. The minimum Gasteiger partial charge on any atom is -0.266 e. The molecule has 0 aliphatic heterocycles. The SMILES string of the molecule is Cc1ccc(S(=O)(=O)OCCCCC#CSCc2ccc(Cl)cc2)cc1. The van der Waals surface area contributed by atoms with E-state index >= 15 is 0 Å². The Kier molecular flexibility index (Phi) is 8.53. The molecule has 0 aromatic heterocycles. The zero-order valence-corrected chi connectivity index (χ0v) is 17.0. The first-order chi connectivity index (χ1) is 12.5. The van der Waals surface area contributed by atoms with Gasteiger partial charge in [-0.25, -0.2) is 0 Å². The van der Waals surface area contributed by atoms with Crippen molar-refractivity contribution in [2.24, 2.45) is 0 Å². The van der Waals surface area contributed by atoms with Gasteiger partial charge in [0.15, 0.2) is 0 Å². The molecular weight excluding hydrogens is 388 g/mol. The Bertz CT molecular complexity index is 849. The van der Waals surface area contributed by atoms with E-state index in [0.29, 0.717) is 6.42 Å². The lowest BCUT2D eigenvalue weighted by atomic mass is 10.2. The maximum Gasteiger partial charge on any atom is 0.296 e. The second-order valence-electron chi connectivity index (χ2n) is 5.74. The van der Waals surface area contributed by atoms with Crippen molar-refractivity contribution in [2.45, 2.75) is 36.8 Å². The first kappa shape index (κ1) is 20.9. The third kappa shape index (κ3) is 7.43. The summed E-state index contributed by atoms with van der Waals surface area (Å²) in [5, 5.41) is 3.79. The fourth-order valence-electron chi connectivity index (χ4n) is 2.06. The van der Waals surface area contributed by atoms with Crippen LogP contribution in [0, 0.1) is 18.1 Å². The summed E-state index contributed by atoms with van der Waals surface area (Å²) in [6, 6.07) is 14.4. The van der Waals surface area contributed by atoms with Crippen molar-refractivity contribution < 1.29 is 12.6 Å². The summed E-state index contributed by atoms with van der Waals surface area (Å²) >= 11 is 7.39. The summed E-state index contributed by atoms with van der Waals surface area (Å²) in [5.74, 6) is 3.91. The summed E-state index contributed by atoms with van der Waals surface area (Å²) in [6.45, 7) is 2.09. The maximum absolute atomic E-state index is 12.0. The molecule has 0 atom stereocenters. The van der Waals surface area contributed by atoms with Gasteiger partial charge in [-0.05, 0) is 54.8 Å². The van der Waals surface area contributed by atoms with Crippen LogP contribution < -0.4 is 0 Å². The summed E-state index contributed by atoms with van der Waals surface area (Å²) in [4.78, 5) is 0.196. The van der Waals surface area contributed by atoms with Crippen molar-refractivity contribution in [2.75, 3.05) is 6.61 Å². The Hall–Kier alpha value is -1.45. The number of unbranched alkanes of at least 4 members (excludes halogenated alkanes) is 2. The quantitative estimate of drug-likeness (QED) is 0.332. The molecule has 0 aliphatic carbocycles. The van der Waals surface area contributed by atoms with Crippen molar-refractivity contribution in [3.05, 3.63) is 64.7 Å². The van der Waals surface area contributed by atoms with Crippen molar-refractivity contribution in [1.82, 2.24) is 0 Å². The van der Waals surface area contributed by atoms with Crippen LogP contribution >= 0.6 is 23.4 Å². The van der Waals surface area contributed by atoms with Crippen LogP contribution in [0.25, 0.3) is 0 Å². The van der Waals surface area contributed by atoms with E-state index in [4.69, 9.17) is 15.8 Å². The Morgan fingerprint density at radius 3 is 2.42 bits per heavy atom. The molecule has 0 heterocycles. The second-order valence-corrected chi connectivity index (χ2v) is 8.57. The maximum atomic E-state index is 12.0. The largest absolute Gasteiger partial charge is 0.296 e. The molecule has 0 saturated heterocycles. The van der Waals surface area contributed by atoms with Gasteiger partial charge < -0.3 is 0 Å². The Labute approximate surface area is 165 Å². The number of aryl methyl sites for hydroxylation is 1. The highest BCUT2D eigenvalue weighted by atomic mass is 35.5. The summed E-state index contributed by atoms with van der Waals surface area (Å²) in [6.07, 6.45) is 2.18. The lowest BCUT2D eigenvalue weighted by Crippen LogP contribution is -2.07. The number of halogens is 1. The zero-order chi connectivity index (χ0) is 18.8. The molecular formula is C20H21ClO3S2. The first-order valence-electron chi connectivity index (χ1n) is 8.27. The van der Waals surface area contributed by atoms with E-state index < -0.39 is 10.1 Å². The van der Waals surface area contributed by atoms with Gasteiger partial charge in [-0.1, -0.05) is 59.1 Å². The van der Waals surface area contributed by atoms with Gasteiger partial charge in [0, 0.05) is 17.2 Å². The predicted octanol–water partition coefficient (Wildman–Crippen LogP) is 5.42. The van der Waals surface area contributed by atoms with Crippen LogP contribution in [-0.4, -0.2) is 15.0 Å². The van der Waals surface area contributed by atoms with E-state index in [2.05, 4.69) is 11.2 Å². The zero-order valence-electron chi connectivity index (χ0n) is 14.6. The lowest BCUT2D eigenvalue weighted by Gasteiger charge is -2.05. The topological polar surface area (TPSA) is 43.4 Å². The van der Waals surface area contributed by atoms with Crippen LogP contribution in [0.5, 0.6) is 0 Å². The molecule has 0 spiro atoms. The van der Waals surface area contributed by atoms with Crippen molar-refractivity contribution in [3.8, 4) is 11.2 Å². The molecule has 6 heteroatoms. The van der Waals surface area contributed by atoms with Crippen LogP contribution in [-0.2, 0) is 20.1 Å². The van der Waals surface area contributed by atoms with E-state index in [0.717, 1.165) is 29.2 Å². The summed E-state index contributed by atoms with van der Waals surface area (Å²) in [5.41, 5.74) is 2.19. The molecule has 0 bridgehead atoms. The van der Waals surface area contributed by atoms with E-state index in [1.54, 1.807) is 36.0 Å². The summed E-state index contributed by atoms with van der Waals surface area (Å²) in [7, 11) is -3.66. The molecule has 138 valence electrons. The van der Waals surface area contributed by atoms with E-state index in [-0.39, 0.29) is 11.5 Å². The highest BCUT2D eigenvalue weighted by molar-refractivity contribution is 8.03. The molecule has 26 heavy (non-hydrogen) atoms. The monoisotopic (exact) mass is 408 g/mol. The van der Waals surface area contributed by atoms with E-state index in [1.807, 2.05) is 31.2 Å². The highest BCUT2D eigenvalue weighted by Crippen LogP contribution is 2.15. The standard InChI is InChI=1S/C20H21ClO3S2/c1-17-6-12-20(13-7-17)26(22,23)24-14-4-2-3-5-15-25-16-18-8-10-19(21)11-9-18/h6-13H,2-4,14,16H2,1H3. The fourth-order valence-corrected chi connectivity index (χ4v) is 3.76.